The summed E-state index contributed by atoms with van der Waals surface area (Å²) in [6, 6.07) is 10.7. The number of nitrogens with one attached hydrogen (secondary N) is 2. The molecule has 3 N–H and O–H groups in total. The van der Waals surface area contributed by atoms with Crippen molar-refractivity contribution >= 4 is 11.8 Å². The third-order valence-corrected chi connectivity index (χ3v) is 5.09. The summed E-state index contributed by atoms with van der Waals surface area (Å²) in [4.78, 5) is 11.3. The number of aliphatic hydroxyl groups excluding tert-OH is 1. The van der Waals surface area contributed by atoms with Crippen LogP contribution in [0.15, 0.2) is 47.6 Å². The van der Waals surface area contributed by atoms with Crippen molar-refractivity contribution < 1.29 is 9.50 Å². The largest absolute Gasteiger partial charge is 0.386 e. The van der Waals surface area contributed by atoms with Crippen molar-refractivity contribution in [1.29, 1.82) is 0 Å². The van der Waals surface area contributed by atoms with E-state index < -0.39 is 11.9 Å². The van der Waals surface area contributed by atoms with Crippen LogP contribution in [0, 0.1) is 12.7 Å². The van der Waals surface area contributed by atoms with E-state index in [4.69, 9.17) is 0 Å². The number of anilines is 1. The number of benzene rings is 1. The first-order chi connectivity index (χ1) is 14.1. The zero-order valence-corrected chi connectivity index (χ0v) is 17.1. The fourth-order valence-electron chi connectivity index (χ4n) is 3.43. The van der Waals surface area contributed by atoms with Crippen LogP contribution in [0.1, 0.15) is 37.0 Å². The molecule has 6 nitrogen and oxygen atoms in total. The van der Waals surface area contributed by atoms with Gasteiger partial charge in [-0.25, -0.2) is 9.37 Å². The number of aliphatic imine (C=N–C) groups is 1. The van der Waals surface area contributed by atoms with Gasteiger partial charge in [-0.15, -0.1) is 0 Å². The topological polar surface area (TPSA) is 72.8 Å². The van der Waals surface area contributed by atoms with Gasteiger partial charge in [-0.3, -0.25) is 4.99 Å². The summed E-state index contributed by atoms with van der Waals surface area (Å²) in [5.41, 5.74) is 1.43. The van der Waals surface area contributed by atoms with E-state index in [0.29, 0.717) is 18.5 Å². The predicted octanol–water partition coefficient (Wildman–Crippen LogP) is 2.79. The van der Waals surface area contributed by atoms with E-state index in [1.165, 1.54) is 6.07 Å². The van der Waals surface area contributed by atoms with Crippen molar-refractivity contribution in [3.05, 3.63) is 59.5 Å². The van der Waals surface area contributed by atoms with Crippen molar-refractivity contribution in [3.63, 3.8) is 0 Å². The summed E-state index contributed by atoms with van der Waals surface area (Å²) in [5.74, 6) is 1.25. The summed E-state index contributed by atoms with van der Waals surface area (Å²) < 4.78 is 13.8. The molecule has 0 saturated carbocycles. The van der Waals surface area contributed by atoms with Crippen LogP contribution in [-0.2, 0) is 0 Å². The number of aliphatic hydroxyl groups is 1. The van der Waals surface area contributed by atoms with Crippen molar-refractivity contribution in [2.24, 2.45) is 4.99 Å². The van der Waals surface area contributed by atoms with Crippen LogP contribution in [0.3, 0.4) is 0 Å². The predicted molar refractivity (Wildman–Crippen MR) is 115 cm³/mol. The molecule has 156 valence electrons. The molecular formula is C22H30FN5O. The number of hydrogen-bond donors (Lipinski definition) is 3. The Balaban J connectivity index is 1.54. The van der Waals surface area contributed by atoms with E-state index in [0.717, 1.165) is 37.3 Å². The molecular weight excluding hydrogens is 369 g/mol. The lowest BCUT2D eigenvalue weighted by atomic mass is 10.1. The van der Waals surface area contributed by atoms with Crippen LogP contribution in [0.2, 0.25) is 0 Å². The van der Waals surface area contributed by atoms with Gasteiger partial charge in [0.15, 0.2) is 5.96 Å². The van der Waals surface area contributed by atoms with Gasteiger partial charge in [-0.1, -0.05) is 24.3 Å². The number of piperidine rings is 1. The quantitative estimate of drug-likeness (QED) is 0.515. The standard InChI is InChI=1S/C22H30FN5O/c1-3-24-22(26-15-20(29)18-6-4-5-7-19(18)23)27-17-10-12-28(13-11-17)21-9-8-16(2)14-25-21/h4-9,14,17,20,29H,3,10-13,15H2,1-2H3,(H2,24,26,27). The van der Waals surface area contributed by atoms with Crippen LogP contribution >= 0.6 is 0 Å². The average molecular weight is 400 g/mol. The third kappa shape index (κ3) is 5.90. The molecule has 1 unspecified atom stereocenters. The Kier molecular flexibility index (Phi) is 7.41. The summed E-state index contributed by atoms with van der Waals surface area (Å²) in [7, 11) is 0. The van der Waals surface area contributed by atoms with Crippen molar-refractivity contribution in [2.45, 2.75) is 38.8 Å². The molecule has 1 aromatic heterocycles. The van der Waals surface area contributed by atoms with Crippen molar-refractivity contribution in [2.75, 3.05) is 31.1 Å². The molecule has 1 fully saturated rings. The Hall–Kier alpha value is -2.67. The summed E-state index contributed by atoms with van der Waals surface area (Å²) >= 11 is 0. The molecule has 1 atom stereocenters. The molecule has 1 saturated heterocycles. The highest BCUT2D eigenvalue weighted by Gasteiger charge is 2.21. The fraction of sp³-hybridized carbons (Fsp3) is 0.455. The van der Waals surface area contributed by atoms with E-state index >= 15 is 0 Å². The highest BCUT2D eigenvalue weighted by Crippen LogP contribution is 2.19. The van der Waals surface area contributed by atoms with E-state index in [2.05, 4.69) is 37.6 Å². The van der Waals surface area contributed by atoms with Crippen LogP contribution in [-0.4, -0.2) is 48.3 Å². The fourth-order valence-corrected chi connectivity index (χ4v) is 3.43. The number of halogens is 1. The molecule has 0 amide bonds. The van der Waals surface area contributed by atoms with Gasteiger partial charge in [0, 0.05) is 37.4 Å². The number of aromatic nitrogens is 1. The third-order valence-electron chi connectivity index (χ3n) is 5.09. The molecule has 2 heterocycles. The number of hydrogen-bond acceptors (Lipinski definition) is 4. The minimum atomic E-state index is -0.971. The van der Waals surface area contributed by atoms with Gasteiger partial charge in [0.05, 0.1) is 6.54 Å². The lowest BCUT2D eigenvalue weighted by Gasteiger charge is -2.34. The van der Waals surface area contributed by atoms with Crippen molar-refractivity contribution in [3.8, 4) is 0 Å². The lowest BCUT2D eigenvalue weighted by molar-refractivity contribution is 0.182. The lowest BCUT2D eigenvalue weighted by Crippen LogP contribution is -2.49. The van der Waals surface area contributed by atoms with E-state index in [-0.39, 0.29) is 12.1 Å². The Morgan fingerprint density at radius 3 is 2.69 bits per heavy atom. The van der Waals surface area contributed by atoms with E-state index in [9.17, 15) is 9.50 Å². The molecule has 7 heteroatoms. The van der Waals surface area contributed by atoms with Gasteiger partial charge in [-0.2, -0.15) is 0 Å². The molecule has 1 aliphatic heterocycles. The number of aryl methyl sites for hydroxylation is 1. The highest BCUT2D eigenvalue weighted by molar-refractivity contribution is 5.80. The molecule has 2 aromatic rings. The molecule has 0 aliphatic carbocycles. The zero-order chi connectivity index (χ0) is 20.6. The van der Waals surface area contributed by atoms with Gasteiger partial charge in [0.25, 0.3) is 0 Å². The second-order valence-electron chi connectivity index (χ2n) is 7.36. The van der Waals surface area contributed by atoms with E-state index in [1.807, 2.05) is 20.0 Å². The Labute approximate surface area is 171 Å². The minimum Gasteiger partial charge on any atom is -0.386 e. The average Bonchev–Trinajstić information content (AvgIpc) is 2.73. The van der Waals surface area contributed by atoms with Crippen molar-refractivity contribution in [1.82, 2.24) is 15.6 Å². The molecule has 0 radical (unpaired) electrons. The van der Waals surface area contributed by atoms with Gasteiger partial charge >= 0.3 is 0 Å². The SMILES string of the molecule is CCNC(=NCC(O)c1ccccc1F)NC1CCN(c2ccc(C)cn2)CC1. The van der Waals surface area contributed by atoms with Gasteiger partial charge in [0.2, 0.25) is 0 Å². The Morgan fingerprint density at radius 2 is 2.03 bits per heavy atom. The number of pyridine rings is 1. The second kappa shape index (κ2) is 10.2. The van der Waals surface area contributed by atoms with Crippen LogP contribution in [0.5, 0.6) is 0 Å². The van der Waals surface area contributed by atoms with Crippen LogP contribution < -0.4 is 15.5 Å². The maximum absolute atomic E-state index is 13.8. The minimum absolute atomic E-state index is 0.0996. The molecule has 1 aliphatic rings. The monoisotopic (exact) mass is 399 g/mol. The van der Waals surface area contributed by atoms with Crippen LogP contribution in [0.4, 0.5) is 10.2 Å². The second-order valence-corrected chi connectivity index (χ2v) is 7.36. The van der Waals surface area contributed by atoms with Gasteiger partial charge in [0.1, 0.15) is 17.7 Å². The molecule has 1 aromatic carbocycles. The molecule has 29 heavy (non-hydrogen) atoms. The maximum atomic E-state index is 13.8. The summed E-state index contributed by atoms with van der Waals surface area (Å²) in [5, 5.41) is 16.9. The van der Waals surface area contributed by atoms with E-state index in [1.54, 1.807) is 18.2 Å². The first-order valence-electron chi connectivity index (χ1n) is 10.2. The zero-order valence-electron chi connectivity index (χ0n) is 17.1. The highest BCUT2D eigenvalue weighted by atomic mass is 19.1. The molecule has 3 rings (SSSR count). The van der Waals surface area contributed by atoms with Gasteiger partial charge in [-0.05, 0) is 44.4 Å². The molecule has 0 bridgehead atoms. The van der Waals surface area contributed by atoms with Crippen LogP contribution in [0.25, 0.3) is 0 Å². The molecule has 0 spiro atoms. The number of guanidine groups is 1. The maximum Gasteiger partial charge on any atom is 0.191 e. The first-order valence-corrected chi connectivity index (χ1v) is 10.2. The normalized spacial score (nSPS) is 16.6. The summed E-state index contributed by atoms with van der Waals surface area (Å²) in [6.07, 6.45) is 2.86. The number of rotatable bonds is 6. The smallest absolute Gasteiger partial charge is 0.191 e. The number of nitrogens with zero attached hydrogens (tertiary/aromatic N) is 3. The first kappa shape index (κ1) is 21.0. The Bertz CT molecular complexity index is 803. The summed E-state index contributed by atoms with van der Waals surface area (Å²) in [6.45, 7) is 6.69. The Morgan fingerprint density at radius 1 is 1.28 bits per heavy atom. The van der Waals surface area contributed by atoms with Gasteiger partial charge < -0.3 is 20.6 Å².